The first kappa shape index (κ1) is 14.4. The molecule has 1 aromatic carbocycles. The Bertz CT molecular complexity index is 473. The summed E-state index contributed by atoms with van der Waals surface area (Å²) in [7, 11) is 1.53. The minimum Gasteiger partial charge on any atom is -0.495 e. The number of hydrogen-bond donors (Lipinski definition) is 1. The molecule has 0 aromatic heterocycles. The van der Waals surface area contributed by atoms with Crippen molar-refractivity contribution in [2.75, 3.05) is 13.7 Å². The summed E-state index contributed by atoms with van der Waals surface area (Å²) in [5.41, 5.74) is 0.742. The highest BCUT2D eigenvalue weighted by atomic mass is 35.5. The number of methoxy groups -OCH3 is 1. The molecular formula is C13H15Cl2NO3. The van der Waals surface area contributed by atoms with Gasteiger partial charge in [-0.3, -0.25) is 4.79 Å². The van der Waals surface area contributed by atoms with Crippen molar-refractivity contribution in [3.63, 3.8) is 0 Å². The molecule has 1 atom stereocenters. The normalized spacial score (nSPS) is 18.4. The number of carbonyl (C=O) groups is 1. The summed E-state index contributed by atoms with van der Waals surface area (Å²) in [6.45, 7) is 0.951. The van der Waals surface area contributed by atoms with Gasteiger partial charge in [-0.1, -0.05) is 23.2 Å². The highest BCUT2D eigenvalue weighted by Crippen LogP contribution is 2.32. The SMILES string of the molecule is COc1c(Cl)cc(Cl)cc1CNC(=O)C1CCCO1. The Kier molecular flexibility index (Phi) is 4.91. The Morgan fingerprint density at radius 3 is 2.95 bits per heavy atom. The fraction of sp³-hybridized carbons (Fsp3) is 0.462. The molecule has 1 N–H and O–H groups in total. The molecule has 1 aromatic rings. The summed E-state index contributed by atoms with van der Waals surface area (Å²) >= 11 is 12.0. The molecule has 104 valence electrons. The van der Waals surface area contributed by atoms with E-state index in [0.29, 0.717) is 28.9 Å². The third kappa shape index (κ3) is 3.53. The molecule has 1 heterocycles. The Hall–Kier alpha value is -0.970. The second kappa shape index (κ2) is 6.46. The van der Waals surface area contributed by atoms with Crippen LogP contribution < -0.4 is 10.1 Å². The zero-order chi connectivity index (χ0) is 13.8. The molecule has 1 unspecified atom stereocenters. The molecule has 1 aliphatic heterocycles. The van der Waals surface area contributed by atoms with Gasteiger partial charge in [0.15, 0.2) is 0 Å². The van der Waals surface area contributed by atoms with Crippen LogP contribution in [0.5, 0.6) is 5.75 Å². The highest BCUT2D eigenvalue weighted by molar-refractivity contribution is 6.35. The number of hydrogen-bond acceptors (Lipinski definition) is 3. The van der Waals surface area contributed by atoms with Crippen molar-refractivity contribution in [1.82, 2.24) is 5.32 Å². The summed E-state index contributed by atoms with van der Waals surface area (Å²) in [5.74, 6) is 0.411. The van der Waals surface area contributed by atoms with Crippen LogP contribution in [0.1, 0.15) is 18.4 Å². The molecular weight excluding hydrogens is 289 g/mol. The van der Waals surface area contributed by atoms with Crippen LogP contribution in [0.25, 0.3) is 0 Å². The molecule has 1 fully saturated rings. The number of halogens is 2. The van der Waals surface area contributed by atoms with E-state index >= 15 is 0 Å². The van der Waals surface area contributed by atoms with Gasteiger partial charge in [-0.25, -0.2) is 0 Å². The Morgan fingerprint density at radius 1 is 1.53 bits per heavy atom. The van der Waals surface area contributed by atoms with Crippen LogP contribution >= 0.6 is 23.2 Å². The lowest BCUT2D eigenvalue weighted by atomic mass is 10.2. The van der Waals surface area contributed by atoms with E-state index in [-0.39, 0.29) is 12.0 Å². The molecule has 0 saturated carbocycles. The van der Waals surface area contributed by atoms with Gasteiger partial charge in [0.1, 0.15) is 11.9 Å². The summed E-state index contributed by atoms with van der Waals surface area (Å²) in [6, 6.07) is 3.33. The molecule has 1 saturated heterocycles. The molecule has 2 rings (SSSR count). The van der Waals surface area contributed by atoms with Gasteiger partial charge in [-0.2, -0.15) is 0 Å². The number of carbonyl (C=O) groups excluding carboxylic acids is 1. The average Bonchev–Trinajstić information content (AvgIpc) is 2.89. The molecule has 19 heavy (non-hydrogen) atoms. The van der Waals surface area contributed by atoms with E-state index in [1.54, 1.807) is 12.1 Å². The van der Waals surface area contributed by atoms with E-state index < -0.39 is 0 Å². The topological polar surface area (TPSA) is 47.6 Å². The van der Waals surface area contributed by atoms with Gasteiger partial charge in [0.25, 0.3) is 0 Å². The number of rotatable bonds is 4. The van der Waals surface area contributed by atoms with E-state index in [1.807, 2.05) is 0 Å². The minimum atomic E-state index is -0.347. The maximum absolute atomic E-state index is 11.8. The van der Waals surface area contributed by atoms with Gasteiger partial charge < -0.3 is 14.8 Å². The van der Waals surface area contributed by atoms with Crippen LogP contribution in [-0.2, 0) is 16.1 Å². The lowest BCUT2D eigenvalue weighted by Crippen LogP contribution is -2.33. The summed E-state index contributed by atoms with van der Waals surface area (Å²) in [4.78, 5) is 11.8. The van der Waals surface area contributed by atoms with Crippen molar-refractivity contribution in [3.8, 4) is 5.75 Å². The zero-order valence-electron chi connectivity index (χ0n) is 10.5. The van der Waals surface area contributed by atoms with Crippen LogP contribution in [-0.4, -0.2) is 25.7 Å². The lowest BCUT2D eigenvalue weighted by molar-refractivity contribution is -0.130. The van der Waals surface area contributed by atoms with Crippen LogP contribution in [0.2, 0.25) is 10.0 Å². The smallest absolute Gasteiger partial charge is 0.249 e. The van der Waals surface area contributed by atoms with Gasteiger partial charge in [0.2, 0.25) is 5.91 Å². The maximum Gasteiger partial charge on any atom is 0.249 e. The maximum atomic E-state index is 11.8. The number of amides is 1. The van der Waals surface area contributed by atoms with Crippen LogP contribution in [0.15, 0.2) is 12.1 Å². The monoisotopic (exact) mass is 303 g/mol. The first-order chi connectivity index (χ1) is 9.11. The van der Waals surface area contributed by atoms with E-state index in [9.17, 15) is 4.79 Å². The Morgan fingerprint density at radius 2 is 2.32 bits per heavy atom. The summed E-state index contributed by atoms with van der Waals surface area (Å²) < 4.78 is 10.5. The number of benzene rings is 1. The van der Waals surface area contributed by atoms with Crippen molar-refractivity contribution in [2.45, 2.75) is 25.5 Å². The van der Waals surface area contributed by atoms with Gasteiger partial charge >= 0.3 is 0 Å². The fourth-order valence-electron chi connectivity index (χ4n) is 2.05. The third-order valence-electron chi connectivity index (χ3n) is 2.96. The molecule has 0 radical (unpaired) electrons. The molecule has 0 bridgehead atoms. The van der Waals surface area contributed by atoms with E-state index in [0.717, 1.165) is 18.4 Å². The predicted octanol–water partition coefficient (Wildman–Crippen LogP) is 2.80. The van der Waals surface area contributed by atoms with E-state index in [4.69, 9.17) is 32.7 Å². The number of nitrogens with one attached hydrogen (secondary N) is 1. The quantitative estimate of drug-likeness (QED) is 0.930. The Labute approximate surface area is 122 Å². The van der Waals surface area contributed by atoms with E-state index in [2.05, 4.69) is 5.32 Å². The van der Waals surface area contributed by atoms with Gasteiger partial charge in [0, 0.05) is 23.7 Å². The largest absolute Gasteiger partial charge is 0.495 e. The van der Waals surface area contributed by atoms with Crippen LogP contribution in [0.3, 0.4) is 0 Å². The minimum absolute atomic E-state index is 0.115. The predicted molar refractivity (Wildman–Crippen MR) is 73.8 cm³/mol. The van der Waals surface area contributed by atoms with Crippen LogP contribution in [0.4, 0.5) is 0 Å². The fourth-order valence-corrected chi connectivity index (χ4v) is 2.67. The van der Waals surface area contributed by atoms with Gasteiger partial charge in [-0.05, 0) is 25.0 Å². The lowest BCUT2D eigenvalue weighted by Gasteiger charge is -2.14. The second-order valence-electron chi connectivity index (χ2n) is 4.30. The number of ether oxygens (including phenoxy) is 2. The summed E-state index contributed by atoms with van der Waals surface area (Å²) in [5, 5.41) is 3.74. The second-order valence-corrected chi connectivity index (χ2v) is 5.14. The molecule has 1 aliphatic rings. The third-order valence-corrected chi connectivity index (χ3v) is 3.46. The Balaban J connectivity index is 2.04. The van der Waals surface area contributed by atoms with Crippen LogP contribution in [0, 0.1) is 0 Å². The highest BCUT2D eigenvalue weighted by Gasteiger charge is 2.23. The van der Waals surface area contributed by atoms with Crippen molar-refractivity contribution < 1.29 is 14.3 Å². The first-order valence-electron chi connectivity index (χ1n) is 6.03. The van der Waals surface area contributed by atoms with E-state index in [1.165, 1.54) is 7.11 Å². The standard InChI is InChI=1S/C13H15Cl2NO3/c1-18-12-8(5-9(14)6-10(12)15)7-16-13(17)11-3-2-4-19-11/h5-6,11H,2-4,7H2,1H3,(H,16,17). The van der Waals surface area contributed by atoms with Crippen molar-refractivity contribution >= 4 is 29.1 Å². The molecule has 1 amide bonds. The zero-order valence-corrected chi connectivity index (χ0v) is 12.1. The molecule has 0 aliphatic carbocycles. The molecule has 4 nitrogen and oxygen atoms in total. The first-order valence-corrected chi connectivity index (χ1v) is 6.78. The van der Waals surface area contributed by atoms with Gasteiger partial charge in [0.05, 0.1) is 12.1 Å². The average molecular weight is 304 g/mol. The van der Waals surface area contributed by atoms with Gasteiger partial charge in [-0.15, -0.1) is 0 Å². The summed E-state index contributed by atoms with van der Waals surface area (Å²) in [6.07, 6.45) is 1.34. The van der Waals surface area contributed by atoms with Crippen molar-refractivity contribution in [1.29, 1.82) is 0 Å². The molecule has 0 spiro atoms. The van der Waals surface area contributed by atoms with Crippen molar-refractivity contribution in [2.24, 2.45) is 0 Å². The van der Waals surface area contributed by atoms with Crippen molar-refractivity contribution in [3.05, 3.63) is 27.7 Å². The molecule has 6 heteroatoms.